The molecule has 0 aliphatic heterocycles. The molecule has 0 radical (unpaired) electrons. The predicted molar refractivity (Wildman–Crippen MR) is 134 cm³/mol. The molecule has 34 heavy (non-hydrogen) atoms. The summed E-state index contributed by atoms with van der Waals surface area (Å²) in [6.07, 6.45) is 0.988. The van der Waals surface area contributed by atoms with Crippen LogP contribution in [0.2, 0.25) is 0 Å². The monoisotopic (exact) mass is 480 g/mol. The van der Waals surface area contributed by atoms with Crippen LogP contribution in [-0.2, 0) is 17.4 Å². The lowest BCUT2D eigenvalue weighted by Crippen LogP contribution is -2.15. The summed E-state index contributed by atoms with van der Waals surface area (Å²) < 4.78 is 29.4. The van der Waals surface area contributed by atoms with Crippen LogP contribution in [0.25, 0.3) is 0 Å². The molecule has 3 aromatic rings. The van der Waals surface area contributed by atoms with Crippen LogP contribution in [0, 0.1) is 0 Å². The van der Waals surface area contributed by atoms with Crippen molar-refractivity contribution in [1.29, 1.82) is 0 Å². The van der Waals surface area contributed by atoms with Crippen LogP contribution in [0.5, 0.6) is 17.2 Å². The van der Waals surface area contributed by atoms with Gasteiger partial charge in [-0.3, -0.25) is 9.59 Å². The van der Waals surface area contributed by atoms with Crippen LogP contribution in [0.15, 0.2) is 54.6 Å². The van der Waals surface area contributed by atoms with Gasteiger partial charge in [-0.25, -0.2) is 0 Å². The molecule has 6 nitrogen and oxygen atoms in total. The molecule has 0 spiro atoms. The first-order chi connectivity index (χ1) is 16.4. The Hall–Kier alpha value is -3.37. The van der Waals surface area contributed by atoms with Crippen molar-refractivity contribution in [2.24, 2.45) is 0 Å². The van der Waals surface area contributed by atoms with Crippen molar-refractivity contribution < 1.29 is 28.4 Å². The fourth-order valence-corrected chi connectivity index (χ4v) is 5.35. The standard InChI is InChI=1S/C27H29O6P/c1-6-17-13-14-21(26(28)25-22(32-4)15-18(31-3)16-23(25)33-5)20(7-2)24(17)27(29)34(30)19-11-9-8-10-12-19/h8-16,34H,6-7H2,1-5H3. The van der Waals surface area contributed by atoms with Crippen molar-refractivity contribution >= 4 is 24.4 Å². The van der Waals surface area contributed by atoms with E-state index in [4.69, 9.17) is 14.2 Å². The second-order valence-corrected chi connectivity index (χ2v) is 9.28. The van der Waals surface area contributed by atoms with E-state index >= 15 is 0 Å². The zero-order chi connectivity index (χ0) is 24.8. The minimum Gasteiger partial charge on any atom is -0.496 e. The number of carbonyl (C=O) groups is 2. The molecule has 1 atom stereocenters. The summed E-state index contributed by atoms with van der Waals surface area (Å²) in [5.41, 5.74) is 1.86. The Kier molecular flexibility index (Phi) is 8.30. The van der Waals surface area contributed by atoms with E-state index in [1.165, 1.54) is 21.3 Å². The number of aryl methyl sites for hydroxylation is 1. The highest BCUT2D eigenvalue weighted by Crippen LogP contribution is 2.38. The number of rotatable bonds is 10. The van der Waals surface area contributed by atoms with Gasteiger partial charge in [0, 0.05) is 28.6 Å². The Morgan fingerprint density at radius 2 is 1.41 bits per heavy atom. The normalized spacial score (nSPS) is 11.6. The summed E-state index contributed by atoms with van der Waals surface area (Å²) in [6, 6.07) is 15.4. The average molecular weight is 480 g/mol. The molecule has 0 bridgehead atoms. The average Bonchev–Trinajstić information content (AvgIpc) is 2.90. The third-order valence-electron chi connectivity index (χ3n) is 5.79. The first-order valence-corrected chi connectivity index (χ1v) is 12.5. The highest BCUT2D eigenvalue weighted by molar-refractivity contribution is 7.71. The van der Waals surface area contributed by atoms with E-state index in [-0.39, 0.29) is 11.3 Å². The van der Waals surface area contributed by atoms with E-state index in [9.17, 15) is 14.2 Å². The maximum atomic E-state index is 13.8. The van der Waals surface area contributed by atoms with Crippen LogP contribution in [0.1, 0.15) is 51.3 Å². The third-order valence-corrected chi connectivity index (χ3v) is 7.31. The molecule has 1 unspecified atom stereocenters. The van der Waals surface area contributed by atoms with Gasteiger partial charge >= 0.3 is 0 Å². The summed E-state index contributed by atoms with van der Waals surface area (Å²) in [5, 5.41) is 0.497. The highest BCUT2D eigenvalue weighted by Gasteiger charge is 2.28. The van der Waals surface area contributed by atoms with E-state index in [0.29, 0.717) is 52.1 Å². The van der Waals surface area contributed by atoms with Crippen LogP contribution in [-0.4, -0.2) is 32.6 Å². The molecule has 0 heterocycles. The molecule has 178 valence electrons. The van der Waals surface area contributed by atoms with Gasteiger partial charge in [0.25, 0.3) is 0 Å². The van der Waals surface area contributed by atoms with Gasteiger partial charge in [0.2, 0.25) is 11.3 Å². The number of methoxy groups -OCH3 is 3. The SMILES string of the molecule is CCc1ccc(C(=O)c2c(OC)cc(OC)cc2OC)c(CC)c1C(=O)[PH](=O)c1ccccc1. The number of benzene rings is 3. The molecule has 0 aromatic heterocycles. The lowest BCUT2D eigenvalue weighted by Gasteiger charge is -2.19. The summed E-state index contributed by atoms with van der Waals surface area (Å²) in [4.78, 5) is 27.3. The summed E-state index contributed by atoms with van der Waals surface area (Å²) in [6.45, 7) is 3.81. The van der Waals surface area contributed by atoms with E-state index in [0.717, 1.165) is 5.56 Å². The second kappa shape index (κ2) is 11.2. The van der Waals surface area contributed by atoms with Gasteiger partial charge in [0.05, 0.1) is 21.3 Å². The lowest BCUT2D eigenvalue weighted by molar-refractivity contribution is 0.103. The molecule has 0 fully saturated rings. The number of ketones is 1. The van der Waals surface area contributed by atoms with E-state index in [1.807, 2.05) is 19.9 Å². The minimum absolute atomic E-state index is 0.235. The number of carbonyl (C=O) groups excluding carboxylic acids is 2. The summed E-state index contributed by atoms with van der Waals surface area (Å²) in [5.74, 6) is 0.742. The predicted octanol–water partition coefficient (Wildman–Crippen LogP) is 5.09. The van der Waals surface area contributed by atoms with Crippen LogP contribution in [0.4, 0.5) is 0 Å². The zero-order valence-electron chi connectivity index (χ0n) is 20.1. The van der Waals surface area contributed by atoms with Gasteiger partial charge in [-0.2, -0.15) is 0 Å². The topological polar surface area (TPSA) is 78.9 Å². The van der Waals surface area contributed by atoms with Gasteiger partial charge in [0.1, 0.15) is 22.8 Å². The fraction of sp³-hybridized carbons (Fsp3) is 0.259. The molecule has 0 saturated heterocycles. The smallest absolute Gasteiger partial charge is 0.223 e. The van der Waals surface area contributed by atoms with Crippen molar-refractivity contribution in [3.05, 3.63) is 82.4 Å². The first kappa shape index (κ1) is 25.3. The van der Waals surface area contributed by atoms with Crippen molar-refractivity contribution in [2.75, 3.05) is 21.3 Å². The van der Waals surface area contributed by atoms with Crippen molar-refractivity contribution in [3.8, 4) is 17.2 Å². The van der Waals surface area contributed by atoms with Gasteiger partial charge in [-0.1, -0.05) is 56.3 Å². The maximum Gasteiger partial charge on any atom is 0.223 e. The first-order valence-electron chi connectivity index (χ1n) is 11.0. The van der Waals surface area contributed by atoms with Crippen molar-refractivity contribution in [2.45, 2.75) is 26.7 Å². The maximum absolute atomic E-state index is 13.8. The molecular weight excluding hydrogens is 451 g/mol. The minimum atomic E-state index is -2.77. The number of hydrogen-bond donors (Lipinski definition) is 0. The molecule has 0 amide bonds. The van der Waals surface area contributed by atoms with Gasteiger partial charge < -0.3 is 18.8 Å². The Morgan fingerprint density at radius 1 is 0.794 bits per heavy atom. The quantitative estimate of drug-likeness (QED) is 0.297. The fourth-order valence-electron chi connectivity index (χ4n) is 4.05. The van der Waals surface area contributed by atoms with Crippen LogP contribution in [0.3, 0.4) is 0 Å². The highest BCUT2D eigenvalue weighted by atomic mass is 31.1. The number of hydrogen-bond acceptors (Lipinski definition) is 6. The molecule has 7 heteroatoms. The van der Waals surface area contributed by atoms with E-state index < -0.39 is 13.3 Å². The Labute approximate surface area is 200 Å². The molecule has 0 N–H and O–H groups in total. The summed E-state index contributed by atoms with van der Waals surface area (Å²) >= 11 is 0. The van der Waals surface area contributed by atoms with Crippen LogP contribution < -0.4 is 19.5 Å². The molecule has 0 aliphatic carbocycles. The second-order valence-electron chi connectivity index (χ2n) is 7.59. The van der Waals surface area contributed by atoms with Crippen LogP contribution >= 0.6 is 7.80 Å². The van der Waals surface area contributed by atoms with E-state index in [1.54, 1.807) is 48.5 Å². The Balaban J connectivity index is 2.21. The molecule has 3 rings (SSSR count). The van der Waals surface area contributed by atoms with Crippen molar-refractivity contribution in [1.82, 2.24) is 0 Å². The molecule has 0 aliphatic rings. The zero-order valence-corrected chi connectivity index (χ0v) is 21.1. The third kappa shape index (κ3) is 4.78. The Bertz CT molecular complexity index is 1210. The van der Waals surface area contributed by atoms with Crippen molar-refractivity contribution in [3.63, 3.8) is 0 Å². The Morgan fingerprint density at radius 3 is 1.91 bits per heavy atom. The largest absolute Gasteiger partial charge is 0.496 e. The summed E-state index contributed by atoms with van der Waals surface area (Å²) in [7, 11) is 1.68. The van der Waals surface area contributed by atoms with Gasteiger partial charge in [-0.05, 0) is 24.0 Å². The molecule has 0 saturated carbocycles. The lowest BCUT2D eigenvalue weighted by atomic mass is 9.89. The van der Waals surface area contributed by atoms with Gasteiger partial charge in [-0.15, -0.1) is 0 Å². The molecular formula is C27H29O6P. The number of ether oxygens (including phenoxy) is 3. The van der Waals surface area contributed by atoms with E-state index in [2.05, 4.69) is 0 Å². The molecule has 3 aromatic carbocycles. The van der Waals surface area contributed by atoms with Gasteiger partial charge in [0.15, 0.2) is 7.80 Å².